The molecular formula is C10H8O3. The molecule has 0 saturated heterocycles. The summed E-state index contributed by atoms with van der Waals surface area (Å²) in [5.41, 5.74) is 0. The summed E-state index contributed by atoms with van der Waals surface area (Å²) in [4.78, 5) is 4.00. The van der Waals surface area contributed by atoms with Crippen molar-refractivity contribution in [3.8, 4) is 11.5 Å². The molecule has 0 atom stereocenters. The van der Waals surface area contributed by atoms with Crippen molar-refractivity contribution in [2.75, 3.05) is 0 Å². The van der Waals surface area contributed by atoms with E-state index in [1.54, 1.807) is 12.1 Å². The molecule has 0 fully saturated rings. The van der Waals surface area contributed by atoms with Crippen LogP contribution in [0.5, 0.6) is 11.5 Å². The third-order valence-corrected chi connectivity index (χ3v) is 1.96. The fraction of sp³-hybridized carbons (Fsp3) is 0. The third kappa shape index (κ3) is 1.19. The zero-order valence-electron chi connectivity index (χ0n) is 6.77. The summed E-state index contributed by atoms with van der Waals surface area (Å²) in [6.45, 7) is 0. The van der Waals surface area contributed by atoms with Gasteiger partial charge in [-0.15, -0.1) is 0 Å². The second-order valence-electron chi connectivity index (χ2n) is 2.72. The van der Waals surface area contributed by atoms with E-state index in [-0.39, 0.29) is 11.5 Å². The average molecular weight is 176 g/mol. The Balaban J connectivity index is 2.79. The minimum absolute atomic E-state index is 0.0411. The number of phenols is 1. The summed E-state index contributed by atoms with van der Waals surface area (Å²) < 4.78 is 0. The first-order valence-electron chi connectivity index (χ1n) is 3.85. The minimum Gasteiger partial charge on any atom is -0.504 e. The molecule has 66 valence electrons. The monoisotopic (exact) mass is 176 g/mol. The Hall–Kier alpha value is -1.74. The van der Waals surface area contributed by atoms with Crippen molar-refractivity contribution in [2.24, 2.45) is 0 Å². The van der Waals surface area contributed by atoms with E-state index in [1.807, 2.05) is 18.2 Å². The highest BCUT2D eigenvalue weighted by molar-refractivity contribution is 5.90. The molecule has 0 radical (unpaired) electrons. The summed E-state index contributed by atoms with van der Waals surface area (Å²) in [6.07, 6.45) is 0. The molecule has 0 bridgehead atoms. The molecule has 0 aromatic heterocycles. The maximum absolute atomic E-state index is 9.56. The van der Waals surface area contributed by atoms with Crippen LogP contribution in [0.25, 0.3) is 10.8 Å². The Morgan fingerprint density at radius 3 is 2.54 bits per heavy atom. The number of phenolic OH excluding ortho intramolecular Hbond substituents is 1. The second-order valence-corrected chi connectivity index (χ2v) is 2.72. The van der Waals surface area contributed by atoms with Crippen molar-refractivity contribution < 1.29 is 15.3 Å². The van der Waals surface area contributed by atoms with Gasteiger partial charge in [0.2, 0.25) is 5.75 Å². The lowest BCUT2D eigenvalue weighted by Crippen LogP contribution is -1.84. The van der Waals surface area contributed by atoms with E-state index >= 15 is 0 Å². The predicted octanol–water partition coefficient (Wildman–Crippen LogP) is 2.40. The molecule has 0 aliphatic heterocycles. The topological polar surface area (TPSA) is 49.7 Å². The average Bonchev–Trinajstić information content (AvgIpc) is 2.19. The summed E-state index contributed by atoms with van der Waals surface area (Å²) >= 11 is 0. The van der Waals surface area contributed by atoms with Crippen LogP contribution in [0.15, 0.2) is 36.4 Å². The van der Waals surface area contributed by atoms with Crippen LogP contribution in [0, 0.1) is 0 Å². The van der Waals surface area contributed by atoms with Crippen LogP contribution in [0.1, 0.15) is 0 Å². The molecule has 0 spiro atoms. The van der Waals surface area contributed by atoms with Crippen LogP contribution < -0.4 is 4.89 Å². The molecule has 2 aromatic carbocycles. The lowest BCUT2D eigenvalue weighted by atomic mass is 10.1. The smallest absolute Gasteiger partial charge is 0.207 e. The van der Waals surface area contributed by atoms with Crippen LogP contribution in [0.2, 0.25) is 0 Å². The lowest BCUT2D eigenvalue weighted by Gasteiger charge is -2.03. The first kappa shape index (κ1) is 7.89. The van der Waals surface area contributed by atoms with Crippen molar-refractivity contribution in [3.63, 3.8) is 0 Å². The van der Waals surface area contributed by atoms with Gasteiger partial charge in [0.1, 0.15) is 0 Å². The van der Waals surface area contributed by atoms with Gasteiger partial charge in [0.15, 0.2) is 5.75 Å². The molecule has 0 saturated carbocycles. The van der Waals surface area contributed by atoms with Crippen molar-refractivity contribution in [2.45, 2.75) is 0 Å². The Kier molecular flexibility index (Phi) is 1.79. The zero-order valence-corrected chi connectivity index (χ0v) is 6.77. The molecule has 3 nitrogen and oxygen atoms in total. The van der Waals surface area contributed by atoms with Crippen molar-refractivity contribution in [3.05, 3.63) is 36.4 Å². The molecule has 0 aliphatic rings. The molecule has 2 aromatic rings. The Bertz CT molecular complexity index is 437. The van der Waals surface area contributed by atoms with E-state index in [2.05, 4.69) is 4.89 Å². The molecule has 2 N–H and O–H groups in total. The van der Waals surface area contributed by atoms with Crippen LogP contribution in [-0.2, 0) is 0 Å². The number of rotatable bonds is 1. The van der Waals surface area contributed by atoms with Gasteiger partial charge in [-0.05, 0) is 11.5 Å². The van der Waals surface area contributed by atoms with Crippen molar-refractivity contribution in [1.82, 2.24) is 0 Å². The molecule has 13 heavy (non-hydrogen) atoms. The van der Waals surface area contributed by atoms with Gasteiger partial charge in [-0.2, -0.15) is 0 Å². The van der Waals surface area contributed by atoms with E-state index in [9.17, 15) is 5.11 Å². The second kappa shape index (κ2) is 2.95. The first-order chi connectivity index (χ1) is 6.33. The maximum atomic E-state index is 9.56. The highest BCUT2D eigenvalue weighted by Gasteiger charge is 2.05. The molecule has 0 aliphatic carbocycles. The van der Waals surface area contributed by atoms with E-state index < -0.39 is 0 Å². The van der Waals surface area contributed by atoms with Crippen molar-refractivity contribution >= 4 is 10.8 Å². The molecule has 2 rings (SSSR count). The van der Waals surface area contributed by atoms with Gasteiger partial charge >= 0.3 is 0 Å². The number of aromatic hydroxyl groups is 1. The molecular weight excluding hydrogens is 168 g/mol. The Morgan fingerprint density at radius 2 is 1.77 bits per heavy atom. The summed E-state index contributed by atoms with van der Waals surface area (Å²) in [5, 5.41) is 19.5. The van der Waals surface area contributed by atoms with E-state index in [4.69, 9.17) is 5.26 Å². The summed E-state index contributed by atoms with van der Waals surface area (Å²) in [6, 6.07) is 10.6. The first-order valence-corrected chi connectivity index (χ1v) is 3.85. The number of fused-ring (bicyclic) bond motifs is 1. The molecule has 0 heterocycles. The zero-order chi connectivity index (χ0) is 9.26. The van der Waals surface area contributed by atoms with Gasteiger partial charge in [-0.25, -0.2) is 5.26 Å². The maximum Gasteiger partial charge on any atom is 0.207 e. The van der Waals surface area contributed by atoms with E-state index in [1.165, 1.54) is 6.07 Å². The van der Waals surface area contributed by atoms with Crippen LogP contribution in [0.4, 0.5) is 0 Å². The highest BCUT2D eigenvalue weighted by Crippen LogP contribution is 2.33. The van der Waals surface area contributed by atoms with Gasteiger partial charge in [-0.1, -0.05) is 30.3 Å². The van der Waals surface area contributed by atoms with Gasteiger partial charge in [0, 0.05) is 5.39 Å². The van der Waals surface area contributed by atoms with Crippen LogP contribution >= 0.6 is 0 Å². The van der Waals surface area contributed by atoms with Gasteiger partial charge in [0.05, 0.1) is 0 Å². The van der Waals surface area contributed by atoms with Gasteiger partial charge in [-0.3, -0.25) is 0 Å². The normalized spacial score (nSPS) is 10.2. The van der Waals surface area contributed by atoms with Crippen molar-refractivity contribution in [1.29, 1.82) is 0 Å². The number of benzene rings is 2. The SMILES string of the molecule is OOc1ccc2ccccc2c1O. The molecule has 3 heteroatoms. The summed E-state index contributed by atoms with van der Waals surface area (Å²) in [5.74, 6) is 0.0271. The number of hydrogen-bond donors (Lipinski definition) is 2. The van der Waals surface area contributed by atoms with E-state index in [0.29, 0.717) is 5.39 Å². The quantitative estimate of drug-likeness (QED) is 0.518. The standard InChI is InChI=1S/C10H8O3/c11-10-8-4-2-1-3-7(8)5-6-9(10)13-12/h1-6,11-12H. The molecule has 0 amide bonds. The van der Waals surface area contributed by atoms with Crippen LogP contribution in [-0.4, -0.2) is 10.4 Å². The van der Waals surface area contributed by atoms with Gasteiger partial charge < -0.3 is 9.99 Å². The highest BCUT2D eigenvalue weighted by atomic mass is 17.1. The minimum atomic E-state index is -0.0411. The van der Waals surface area contributed by atoms with Crippen LogP contribution in [0.3, 0.4) is 0 Å². The molecule has 0 unspecified atom stereocenters. The number of hydrogen-bond acceptors (Lipinski definition) is 3. The summed E-state index contributed by atoms with van der Waals surface area (Å²) in [7, 11) is 0. The predicted molar refractivity (Wildman–Crippen MR) is 48.9 cm³/mol. The fourth-order valence-electron chi connectivity index (χ4n) is 1.31. The third-order valence-electron chi connectivity index (χ3n) is 1.96. The van der Waals surface area contributed by atoms with Gasteiger partial charge in [0.25, 0.3) is 0 Å². The Labute approximate surface area is 74.7 Å². The van der Waals surface area contributed by atoms with E-state index in [0.717, 1.165) is 5.39 Å². The lowest BCUT2D eigenvalue weighted by molar-refractivity contribution is -0.138. The largest absolute Gasteiger partial charge is 0.504 e. The fourth-order valence-corrected chi connectivity index (χ4v) is 1.31. The Morgan fingerprint density at radius 1 is 1.00 bits per heavy atom.